The molecule has 1 amide bonds. The molecular weight excluding hydrogens is 474 g/mol. The van der Waals surface area contributed by atoms with Gasteiger partial charge in [-0.3, -0.25) is 14.2 Å². The first-order valence-electron chi connectivity index (χ1n) is 11.0. The molecule has 0 aliphatic heterocycles. The number of benzene rings is 1. The second-order valence-electron chi connectivity index (χ2n) is 7.09. The number of nitrogens with zero attached hydrogens (tertiary/aromatic N) is 5. The summed E-state index contributed by atoms with van der Waals surface area (Å²) in [5.41, 5.74) is 6.76. The molecule has 0 fully saturated rings. The molecule has 0 spiro atoms. The van der Waals surface area contributed by atoms with Gasteiger partial charge < -0.3 is 20.5 Å². The normalized spacial score (nSPS) is 11.6. The largest absolute Gasteiger partial charge is 0.465 e. The maximum Gasteiger partial charge on any atom is 0.343 e. The lowest BCUT2D eigenvalue weighted by molar-refractivity contribution is -0.139. The minimum Gasteiger partial charge on any atom is -0.465 e. The third kappa shape index (κ3) is 5.98. The van der Waals surface area contributed by atoms with Gasteiger partial charge in [0.25, 0.3) is 0 Å². The molecule has 35 heavy (non-hydrogen) atoms. The van der Waals surface area contributed by atoms with Gasteiger partial charge in [-0.1, -0.05) is 36.9 Å². The summed E-state index contributed by atoms with van der Waals surface area (Å²) in [5.74, 6) is -1.36. The van der Waals surface area contributed by atoms with Crippen LogP contribution in [0.25, 0.3) is 5.69 Å². The molecule has 2 heterocycles. The number of para-hydroxylation sites is 1. The molecule has 0 radical (unpaired) electrons. The summed E-state index contributed by atoms with van der Waals surface area (Å²) in [4.78, 5) is 37.8. The van der Waals surface area contributed by atoms with Crippen molar-refractivity contribution in [1.82, 2.24) is 24.5 Å². The Morgan fingerprint density at radius 1 is 1.09 bits per heavy atom. The van der Waals surface area contributed by atoms with Crippen LogP contribution in [0.1, 0.15) is 43.6 Å². The average molecular weight is 502 g/mol. The third-order valence-corrected chi connectivity index (χ3v) is 5.74. The van der Waals surface area contributed by atoms with Crippen LogP contribution in [0.15, 0.2) is 41.7 Å². The van der Waals surface area contributed by atoms with Crippen molar-refractivity contribution in [3.05, 3.63) is 42.1 Å². The number of esters is 2. The van der Waals surface area contributed by atoms with Crippen LogP contribution in [0.3, 0.4) is 0 Å². The second-order valence-corrected chi connectivity index (χ2v) is 8.03. The third-order valence-electron chi connectivity index (χ3n) is 4.82. The quantitative estimate of drug-likeness (QED) is 0.295. The maximum absolute atomic E-state index is 13.5. The van der Waals surface area contributed by atoms with E-state index < -0.39 is 23.9 Å². The monoisotopic (exact) mass is 501 g/mol. The first kappa shape index (κ1) is 25.7. The Balaban J connectivity index is 1.93. The highest BCUT2D eigenvalue weighted by Gasteiger charge is 2.29. The second kappa shape index (κ2) is 12.0. The minimum atomic E-state index is -0.830. The Kier molecular flexibility index (Phi) is 8.84. The lowest BCUT2D eigenvalue weighted by Crippen LogP contribution is -2.29. The topological polar surface area (TPSA) is 156 Å². The van der Waals surface area contributed by atoms with Crippen LogP contribution in [0.4, 0.5) is 11.8 Å². The van der Waals surface area contributed by atoms with Crippen molar-refractivity contribution in [2.24, 2.45) is 0 Å². The van der Waals surface area contributed by atoms with Crippen molar-refractivity contribution in [3.8, 4) is 5.69 Å². The molecule has 1 atom stereocenters. The zero-order valence-electron chi connectivity index (χ0n) is 19.6. The number of hydrogen-bond donors (Lipinski definition) is 2. The van der Waals surface area contributed by atoms with E-state index in [1.54, 1.807) is 32.9 Å². The maximum atomic E-state index is 13.5. The summed E-state index contributed by atoms with van der Waals surface area (Å²) in [6.45, 7) is 5.62. The molecule has 12 nitrogen and oxygen atoms in total. The summed E-state index contributed by atoms with van der Waals surface area (Å²) in [6.07, 6.45) is 1.67. The number of nitrogen functional groups attached to an aromatic ring is 1. The molecule has 0 saturated heterocycles. The lowest BCUT2D eigenvalue weighted by Gasteiger charge is -2.20. The molecule has 3 N–H and O–H groups in total. The number of carbonyl (C=O) groups excluding carboxylic acids is 3. The van der Waals surface area contributed by atoms with Crippen LogP contribution < -0.4 is 11.1 Å². The zero-order chi connectivity index (χ0) is 25.4. The number of hydrogen-bond acceptors (Lipinski definition) is 10. The van der Waals surface area contributed by atoms with Gasteiger partial charge in [-0.25, -0.2) is 9.48 Å². The van der Waals surface area contributed by atoms with E-state index in [2.05, 4.69) is 20.6 Å². The van der Waals surface area contributed by atoms with Crippen LogP contribution >= 0.6 is 11.8 Å². The number of ether oxygens (including phenoxy) is 2. The summed E-state index contributed by atoms with van der Waals surface area (Å²) in [5, 5.41) is 15.2. The Morgan fingerprint density at radius 2 is 1.80 bits per heavy atom. The van der Waals surface area contributed by atoms with Crippen LogP contribution in [0.2, 0.25) is 0 Å². The number of carbonyl (C=O) groups is 3. The van der Waals surface area contributed by atoms with E-state index in [-0.39, 0.29) is 36.3 Å². The SMILES string of the molecule is CCOC(=O)CSc1nnc(N)n1C(CC)C(=O)Nc1c(C(=O)OCC)cnn1-c1ccccc1. The van der Waals surface area contributed by atoms with Gasteiger partial charge in [0.05, 0.1) is 30.9 Å². The highest BCUT2D eigenvalue weighted by Crippen LogP contribution is 2.28. The van der Waals surface area contributed by atoms with E-state index in [9.17, 15) is 14.4 Å². The van der Waals surface area contributed by atoms with Crippen LogP contribution in [0.5, 0.6) is 0 Å². The van der Waals surface area contributed by atoms with E-state index in [4.69, 9.17) is 15.2 Å². The first-order chi connectivity index (χ1) is 16.9. The van der Waals surface area contributed by atoms with Gasteiger partial charge >= 0.3 is 11.9 Å². The van der Waals surface area contributed by atoms with Crippen molar-refractivity contribution in [3.63, 3.8) is 0 Å². The summed E-state index contributed by atoms with van der Waals surface area (Å²) < 4.78 is 13.0. The fourth-order valence-electron chi connectivity index (χ4n) is 3.28. The Hall–Kier alpha value is -3.87. The van der Waals surface area contributed by atoms with Gasteiger partial charge in [0.2, 0.25) is 11.9 Å². The van der Waals surface area contributed by atoms with Gasteiger partial charge in [-0.15, -0.1) is 10.2 Å². The van der Waals surface area contributed by atoms with E-state index in [1.165, 1.54) is 15.4 Å². The molecule has 0 aliphatic carbocycles. The van der Waals surface area contributed by atoms with Crippen molar-refractivity contribution in [2.75, 3.05) is 30.0 Å². The number of nitrogens with two attached hydrogens (primary N) is 1. The summed E-state index contributed by atoms with van der Waals surface area (Å²) in [6, 6.07) is 8.21. The van der Waals surface area contributed by atoms with E-state index in [0.717, 1.165) is 11.8 Å². The molecule has 186 valence electrons. The zero-order valence-corrected chi connectivity index (χ0v) is 20.4. The van der Waals surface area contributed by atoms with Gasteiger partial charge in [-0.05, 0) is 32.4 Å². The molecule has 0 bridgehead atoms. The van der Waals surface area contributed by atoms with Crippen LogP contribution in [-0.2, 0) is 19.1 Å². The fourth-order valence-corrected chi connectivity index (χ4v) is 4.07. The van der Waals surface area contributed by atoms with Gasteiger partial charge in [0, 0.05) is 0 Å². The Bertz CT molecular complexity index is 1180. The Labute approximate surface area is 206 Å². The number of rotatable bonds is 11. The lowest BCUT2D eigenvalue weighted by atomic mass is 10.2. The van der Waals surface area contributed by atoms with E-state index in [0.29, 0.717) is 17.3 Å². The highest BCUT2D eigenvalue weighted by atomic mass is 32.2. The molecule has 13 heteroatoms. The van der Waals surface area contributed by atoms with Gasteiger partial charge in [-0.2, -0.15) is 5.10 Å². The molecule has 3 aromatic rings. The average Bonchev–Trinajstić information content (AvgIpc) is 3.43. The molecule has 3 rings (SSSR count). The Morgan fingerprint density at radius 3 is 2.46 bits per heavy atom. The van der Waals surface area contributed by atoms with Crippen molar-refractivity contribution in [1.29, 1.82) is 0 Å². The van der Waals surface area contributed by atoms with Crippen molar-refractivity contribution < 1.29 is 23.9 Å². The van der Waals surface area contributed by atoms with Crippen LogP contribution in [0, 0.1) is 0 Å². The molecule has 2 aromatic heterocycles. The predicted molar refractivity (Wildman–Crippen MR) is 129 cm³/mol. The van der Waals surface area contributed by atoms with Gasteiger partial charge in [0.15, 0.2) is 11.0 Å². The van der Waals surface area contributed by atoms with E-state index in [1.807, 2.05) is 18.2 Å². The van der Waals surface area contributed by atoms with Crippen molar-refractivity contribution >= 4 is 41.4 Å². The summed E-state index contributed by atoms with van der Waals surface area (Å²) in [7, 11) is 0. The minimum absolute atomic E-state index is 0.0144. The molecular formula is C22H27N7O5S. The first-order valence-corrected chi connectivity index (χ1v) is 12.0. The number of nitrogens with one attached hydrogen (secondary N) is 1. The molecule has 1 unspecified atom stereocenters. The van der Waals surface area contributed by atoms with E-state index >= 15 is 0 Å². The molecule has 1 aromatic carbocycles. The van der Waals surface area contributed by atoms with Gasteiger partial charge in [0.1, 0.15) is 11.6 Å². The number of anilines is 2. The highest BCUT2D eigenvalue weighted by molar-refractivity contribution is 7.99. The summed E-state index contributed by atoms with van der Waals surface area (Å²) >= 11 is 1.06. The van der Waals surface area contributed by atoms with Crippen molar-refractivity contribution in [2.45, 2.75) is 38.4 Å². The number of aromatic nitrogens is 5. The molecule has 0 aliphatic rings. The molecule has 0 saturated carbocycles. The van der Waals surface area contributed by atoms with Crippen LogP contribution in [-0.4, -0.2) is 61.4 Å². The number of amides is 1. The predicted octanol–water partition coefficient (Wildman–Crippen LogP) is 2.47. The standard InChI is InChI=1S/C22H27N7O5S/c1-4-16(28-21(23)26-27-22(28)35-13-17(30)33-5-2)19(31)25-18-15(20(32)34-6-3)12-24-29(18)14-10-8-7-9-11-14/h7-12,16H,4-6,13H2,1-3H3,(H2,23,26)(H,25,31). The number of thioether (sulfide) groups is 1. The smallest absolute Gasteiger partial charge is 0.343 e. The fraction of sp³-hybridized carbons (Fsp3) is 0.364.